The third-order valence-electron chi connectivity index (χ3n) is 20.8. The number of ketones is 1. The van der Waals surface area contributed by atoms with E-state index in [2.05, 4.69) is 17.6 Å². The quantitative estimate of drug-likeness (QED) is 0.116. The summed E-state index contributed by atoms with van der Waals surface area (Å²) in [6.45, 7) is 5.57. The molecule has 1 unspecified atom stereocenters. The summed E-state index contributed by atoms with van der Waals surface area (Å²) in [5.74, 6) is -2.69. The molecule has 13 N–H and O–H groups in total. The van der Waals surface area contributed by atoms with Crippen LogP contribution in [0, 0.1) is 52.3 Å². The number of dihydropyridines is 1. The van der Waals surface area contributed by atoms with Crippen molar-refractivity contribution in [1.29, 1.82) is 0 Å². The van der Waals surface area contributed by atoms with Gasteiger partial charge in [-0.3, -0.25) is 4.79 Å². The molecule has 69 heavy (non-hydrogen) atoms. The topological polar surface area (TPSA) is 258 Å². The minimum absolute atomic E-state index is 0.00394. The predicted octanol–water partition coefficient (Wildman–Crippen LogP) is 4.27. The molecule has 14 nitrogen and oxygen atoms in total. The fourth-order valence-corrected chi connectivity index (χ4v) is 17.8. The standard InChI is InChI=1S/C55H89N3O11/c1-4-10-32-15-18-35-42(19-16-32)69-50-45(35)38(61)14-8-23-55(50,68)51(3,66)43-22-25-54(67)47-46(41(64)29-53(43,54)34-11-6-5-7-12-34)52(24-21-33-17-20-44(56)58-37(33)13-9-26-59)28-40(63)39(62)27-36(52)49(65)48(47)57-30-31(2)60/h17,20,31-32,34-36,38-46,50,57-64,66-68H,4-16,18-19,21-30,56H2,1-3H3/t31-,32-,35+,36-,38-,39+,40-,41-,42+,43+,44?,45+,46-,50+,51+,52-,53-,54+,55+/m0/s1. The van der Waals surface area contributed by atoms with Crippen LogP contribution in [-0.4, -0.2) is 131 Å². The average Bonchev–Trinajstić information content (AvgIpc) is 3.73. The van der Waals surface area contributed by atoms with E-state index in [0.29, 0.717) is 56.4 Å². The van der Waals surface area contributed by atoms with Gasteiger partial charge in [0.1, 0.15) is 5.60 Å². The normalized spacial score (nSPS) is 46.1. The Morgan fingerprint density at radius 3 is 2.41 bits per heavy atom. The van der Waals surface area contributed by atoms with Crippen LogP contribution in [0.15, 0.2) is 34.7 Å². The highest BCUT2D eigenvalue weighted by molar-refractivity contribution is 6.00. The SMILES string of the molecule is CCC[C@H]1CC[C@H]2[C@H]3[C@@H](O[C@@H]2CC1)[C@@](O)([C@](C)(O)[C@H]1CC[C@@]2(O)C4=C(NC[C@H](C)O)C(=O)[C@@H]5C[C@@H](O)[C@@H](O)C[C@]5(CCC5=C(CCCO)NC(N)C=C5)[C@H]4[C@@H](O)C[C@]12C1CCCCC1)CCC[C@@H]3O. The minimum Gasteiger partial charge on any atom is -0.396 e. The number of fused-ring (bicyclic) bond motifs is 8. The summed E-state index contributed by atoms with van der Waals surface area (Å²) in [4.78, 5) is 15.7. The Morgan fingerprint density at radius 1 is 0.928 bits per heavy atom. The zero-order valence-electron chi connectivity index (χ0n) is 41.9. The summed E-state index contributed by atoms with van der Waals surface area (Å²) in [6, 6.07) is 0. The summed E-state index contributed by atoms with van der Waals surface area (Å²) in [7, 11) is 0. The Hall–Kier alpha value is -1.95. The van der Waals surface area contributed by atoms with E-state index in [4.69, 9.17) is 10.5 Å². The van der Waals surface area contributed by atoms with Crippen LogP contribution in [0.2, 0.25) is 0 Å². The number of nitrogens with one attached hydrogen (secondary N) is 2. The molecular weight excluding hydrogens is 879 g/mol. The van der Waals surface area contributed by atoms with E-state index in [1.54, 1.807) is 13.8 Å². The van der Waals surface area contributed by atoms with Gasteiger partial charge in [0.15, 0.2) is 5.78 Å². The fourth-order valence-electron chi connectivity index (χ4n) is 17.8. The number of aliphatic hydroxyl groups excluding tert-OH is 6. The van der Waals surface area contributed by atoms with Gasteiger partial charge >= 0.3 is 0 Å². The first-order valence-corrected chi connectivity index (χ1v) is 27.7. The number of carbonyl (C=O) groups excluding carboxylic acids is 1. The molecule has 0 aromatic carbocycles. The molecule has 0 spiro atoms. The van der Waals surface area contributed by atoms with Crippen molar-refractivity contribution >= 4 is 5.78 Å². The molecular formula is C55H89N3O11. The van der Waals surface area contributed by atoms with E-state index in [0.717, 1.165) is 81.9 Å². The highest BCUT2D eigenvalue weighted by atomic mass is 16.5. The largest absolute Gasteiger partial charge is 0.396 e. The third kappa shape index (κ3) is 8.55. The number of nitrogens with two attached hydrogens (primary N) is 1. The van der Waals surface area contributed by atoms with Gasteiger partial charge in [0, 0.05) is 42.0 Å². The van der Waals surface area contributed by atoms with Gasteiger partial charge in [-0.2, -0.15) is 0 Å². The maximum Gasteiger partial charge on any atom is 0.182 e. The Morgan fingerprint density at radius 2 is 1.68 bits per heavy atom. The van der Waals surface area contributed by atoms with E-state index in [-0.39, 0.29) is 80.6 Å². The number of rotatable bonds is 14. The first-order chi connectivity index (χ1) is 32.9. The second-order valence-corrected chi connectivity index (χ2v) is 24.4. The van der Waals surface area contributed by atoms with Crippen molar-refractivity contribution in [2.24, 2.45) is 58.0 Å². The molecule has 19 atom stereocenters. The summed E-state index contributed by atoms with van der Waals surface area (Å²) >= 11 is 0. The summed E-state index contributed by atoms with van der Waals surface area (Å²) in [5, 5.41) is 118. The van der Waals surface area contributed by atoms with Gasteiger partial charge < -0.3 is 67.1 Å². The number of allylic oxidation sites excluding steroid dienone is 4. The molecule has 1 saturated heterocycles. The third-order valence-corrected chi connectivity index (χ3v) is 20.8. The highest BCUT2D eigenvalue weighted by Crippen LogP contribution is 2.74. The molecule has 0 aromatic rings. The molecule has 390 valence electrons. The fraction of sp³-hybridized carbons (Fsp3) is 0.873. The van der Waals surface area contributed by atoms with Crippen LogP contribution in [0.1, 0.15) is 168 Å². The Balaban J connectivity index is 1.17. The minimum atomic E-state index is -1.88. The van der Waals surface area contributed by atoms with Gasteiger partial charge in [0.05, 0.1) is 65.8 Å². The lowest BCUT2D eigenvalue weighted by Crippen LogP contribution is -2.72. The van der Waals surface area contributed by atoms with Crippen molar-refractivity contribution in [2.75, 3.05) is 13.2 Å². The van der Waals surface area contributed by atoms with Crippen LogP contribution in [0.3, 0.4) is 0 Å². The van der Waals surface area contributed by atoms with E-state index in [1.807, 2.05) is 12.2 Å². The van der Waals surface area contributed by atoms with Gasteiger partial charge in [0.25, 0.3) is 0 Å². The summed E-state index contributed by atoms with van der Waals surface area (Å²) in [5.41, 5.74) is 0.856. The lowest BCUT2D eigenvalue weighted by Gasteiger charge is -2.67. The van der Waals surface area contributed by atoms with E-state index in [9.17, 15) is 46.0 Å². The molecule has 6 saturated carbocycles. The second kappa shape index (κ2) is 20.1. The molecule has 0 aromatic heterocycles. The first kappa shape index (κ1) is 51.9. The summed E-state index contributed by atoms with van der Waals surface area (Å²) < 4.78 is 7.08. The molecule has 2 aliphatic heterocycles. The van der Waals surface area contributed by atoms with E-state index >= 15 is 4.79 Å². The maximum atomic E-state index is 15.7. The Kier molecular flexibility index (Phi) is 15.1. The lowest BCUT2D eigenvalue weighted by atomic mass is 9.40. The van der Waals surface area contributed by atoms with Crippen molar-refractivity contribution in [3.63, 3.8) is 0 Å². The number of hydrogen-bond donors (Lipinski definition) is 12. The highest BCUT2D eigenvalue weighted by Gasteiger charge is 2.78. The monoisotopic (exact) mass is 968 g/mol. The molecule has 0 radical (unpaired) electrons. The molecule has 0 amide bonds. The smallest absolute Gasteiger partial charge is 0.182 e. The Labute approximate surface area is 410 Å². The van der Waals surface area contributed by atoms with Crippen LogP contribution in [0.5, 0.6) is 0 Å². The van der Waals surface area contributed by atoms with Gasteiger partial charge in [0.2, 0.25) is 0 Å². The van der Waals surface area contributed by atoms with Crippen LogP contribution in [0.25, 0.3) is 0 Å². The van der Waals surface area contributed by atoms with Crippen LogP contribution in [-0.2, 0) is 9.53 Å². The van der Waals surface area contributed by atoms with Crippen molar-refractivity contribution in [2.45, 2.75) is 234 Å². The number of ether oxygens (including phenoxy) is 1. The van der Waals surface area contributed by atoms with Crippen LogP contribution in [0.4, 0.5) is 0 Å². The second-order valence-electron chi connectivity index (χ2n) is 24.4. The molecule has 7 fully saturated rings. The van der Waals surface area contributed by atoms with Crippen LogP contribution < -0.4 is 16.4 Å². The van der Waals surface area contributed by atoms with E-state index in [1.165, 1.54) is 0 Å². The Bertz CT molecular complexity index is 1950. The predicted molar refractivity (Wildman–Crippen MR) is 260 cm³/mol. The zero-order chi connectivity index (χ0) is 49.3. The maximum absolute atomic E-state index is 15.7. The first-order valence-electron chi connectivity index (χ1n) is 27.7. The lowest BCUT2D eigenvalue weighted by molar-refractivity contribution is -0.270. The van der Waals surface area contributed by atoms with Gasteiger partial charge in [-0.15, -0.1) is 0 Å². The average molecular weight is 968 g/mol. The number of aliphatic hydroxyl groups is 9. The van der Waals surface area contributed by atoms with Crippen LogP contribution >= 0.6 is 0 Å². The number of Topliss-reactive ketones (excluding diaryl/α,β-unsaturated/α-hetero) is 1. The molecule has 9 aliphatic rings. The molecule has 14 heteroatoms. The van der Waals surface area contributed by atoms with Gasteiger partial charge in [-0.05, 0) is 169 Å². The molecule has 9 rings (SSSR count). The zero-order valence-corrected chi connectivity index (χ0v) is 41.9. The van der Waals surface area contributed by atoms with Crippen molar-refractivity contribution in [1.82, 2.24) is 10.6 Å². The van der Waals surface area contributed by atoms with Gasteiger partial charge in [-0.1, -0.05) is 51.5 Å². The van der Waals surface area contributed by atoms with E-state index < -0.39 is 88.2 Å². The molecule has 2 heterocycles. The number of carbonyl (C=O) groups is 1. The molecule has 0 bridgehead atoms. The van der Waals surface area contributed by atoms with Crippen molar-refractivity contribution in [3.8, 4) is 0 Å². The molecule has 7 aliphatic carbocycles. The summed E-state index contributed by atoms with van der Waals surface area (Å²) in [6.07, 6.45) is 11.2. The van der Waals surface area contributed by atoms with Crippen molar-refractivity contribution in [3.05, 3.63) is 34.7 Å². The van der Waals surface area contributed by atoms with Gasteiger partial charge in [-0.25, -0.2) is 0 Å². The van der Waals surface area contributed by atoms with Crippen molar-refractivity contribution < 1.29 is 55.5 Å². The number of hydrogen-bond acceptors (Lipinski definition) is 14.